The Morgan fingerprint density at radius 1 is 1.25 bits per heavy atom. The second kappa shape index (κ2) is 7.65. The molecule has 1 aliphatic rings. The van der Waals surface area contributed by atoms with E-state index in [1.807, 2.05) is 4.90 Å². The molecule has 1 saturated heterocycles. The number of rotatable bonds is 6. The van der Waals surface area contributed by atoms with Crippen molar-refractivity contribution in [2.45, 2.75) is 72.3 Å². The van der Waals surface area contributed by atoms with Crippen LogP contribution in [0.5, 0.6) is 0 Å². The molecule has 0 radical (unpaired) electrons. The molecule has 0 aromatic carbocycles. The first kappa shape index (κ1) is 17.0. The van der Waals surface area contributed by atoms with E-state index in [-0.39, 0.29) is 11.8 Å². The van der Waals surface area contributed by atoms with E-state index in [0.29, 0.717) is 12.6 Å². The third-order valence-corrected chi connectivity index (χ3v) is 4.28. The number of carbonyl (C=O) groups is 2. The van der Waals surface area contributed by atoms with Gasteiger partial charge in [-0.3, -0.25) is 9.59 Å². The van der Waals surface area contributed by atoms with Crippen molar-refractivity contribution in [2.75, 3.05) is 13.1 Å². The Kier molecular flexibility index (Phi) is 6.50. The number of hydrogen-bond acceptors (Lipinski definition) is 2. The molecular formula is C16H30N2O2. The lowest BCUT2D eigenvalue weighted by Crippen LogP contribution is -2.54. The van der Waals surface area contributed by atoms with Crippen molar-refractivity contribution in [2.24, 2.45) is 5.41 Å². The van der Waals surface area contributed by atoms with E-state index in [0.717, 1.165) is 38.6 Å². The van der Waals surface area contributed by atoms with Crippen LogP contribution in [0.2, 0.25) is 0 Å². The van der Waals surface area contributed by atoms with Gasteiger partial charge in [0.15, 0.2) is 0 Å². The molecule has 0 saturated carbocycles. The molecule has 1 atom stereocenters. The van der Waals surface area contributed by atoms with Gasteiger partial charge in [0, 0.05) is 19.1 Å². The average Bonchev–Trinajstić information content (AvgIpc) is 2.46. The van der Waals surface area contributed by atoms with Gasteiger partial charge in [0.2, 0.25) is 11.8 Å². The van der Waals surface area contributed by atoms with Crippen LogP contribution in [-0.4, -0.2) is 35.8 Å². The Morgan fingerprint density at radius 3 is 2.55 bits per heavy atom. The number of unbranched alkanes of at least 4 members (excludes halogenated alkanes) is 1. The monoisotopic (exact) mass is 282 g/mol. The molecule has 1 N–H and O–H groups in total. The topological polar surface area (TPSA) is 49.4 Å². The second-order valence-electron chi connectivity index (χ2n) is 6.29. The first-order chi connectivity index (χ1) is 9.45. The molecule has 0 bridgehead atoms. The predicted octanol–water partition coefficient (Wildman–Crippen LogP) is 2.72. The largest absolute Gasteiger partial charge is 0.355 e. The van der Waals surface area contributed by atoms with E-state index < -0.39 is 5.41 Å². The molecule has 116 valence electrons. The Balaban J connectivity index is 2.69. The highest BCUT2D eigenvalue weighted by Crippen LogP contribution is 2.26. The number of nitrogens with one attached hydrogen (secondary N) is 1. The minimum atomic E-state index is -0.960. The van der Waals surface area contributed by atoms with Crippen LogP contribution in [0, 0.1) is 5.41 Å². The van der Waals surface area contributed by atoms with E-state index in [1.54, 1.807) is 13.8 Å². The van der Waals surface area contributed by atoms with E-state index in [4.69, 9.17) is 0 Å². The Morgan fingerprint density at radius 2 is 1.95 bits per heavy atom. The molecular weight excluding hydrogens is 252 g/mol. The Hall–Kier alpha value is -1.06. The third kappa shape index (κ3) is 3.97. The molecule has 4 nitrogen and oxygen atoms in total. The van der Waals surface area contributed by atoms with Crippen LogP contribution in [0.3, 0.4) is 0 Å². The number of amides is 2. The lowest BCUT2D eigenvalue weighted by molar-refractivity contribution is -0.151. The van der Waals surface area contributed by atoms with Gasteiger partial charge in [0.25, 0.3) is 0 Å². The molecule has 1 heterocycles. The summed E-state index contributed by atoms with van der Waals surface area (Å²) in [6.45, 7) is 9.15. The fourth-order valence-electron chi connectivity index (χ4n) is 2.75. The van der Waals surface area contributed by atoms with Crippen molar-refractivity contribution >= 4 is 11.8 Å². The van der Waals surface area contributed by atoms with Gasteiger partial charge in [-0.25, -0.2) is 0 Å². The van der Waals surface area contributed by atoms with Crippen molar-refractivity contribution in [3.05, 3.63) is 0 Å². The Bertz CT molecular complexity index is 339. The number of likely N-dealkylation sites (tertiary alicyclic amines) is 1. The summed E-state index contributed by atoms with van der Waals surface area (Å²) < 4.78 is 0. The molecule has 20 heavy (non-hydrogen) atoms. The van der Waals surface area contributed by atoms with Gasteiger partial charge in [0.1, 0.15) is 5.41 Å². The summed E-state index contributed by atoms with van der Waals surface area (Å²) in [6, 6.07) is 0.305. The second-order valence-corrected chi connectivity index (χ2v) is 6.29. The summed E-state index contributed by atoms with van der Waals surface area (Å²) in [5, 5.41) is 2.89. The highest BCUT2D eigenvalue weighted by atomic mass is 16.2. The minimum Gasteiger partial charge on any atom is -0.355 e. The normalized spacial score (nSPS) is 19.8. The van der Waals surface area contributed by atoms with Crippen molar-refractivity contribution in [1.29, 1.82) is 0 Å². The average molecular weight is 282 g/mol. The first-order valence-electron chi connectivity index (χ1n) is 8.04. The maximum atomic E-state index is 12.7. The lowest BCUT2D eigenvalue weighted by Gasteiger charge is -2.39. The SMILES string of the molecule is CCCCNC(=O)C(C)(C)C(=O)N1CCCCC1CC. The molecule has 1 fully saturated rings. The van der Waals surface area contributed by atoms with Crippen LogP contribution in [-0.2, 0) is 9.59 Å². The highest BCUT2D eigenvalue weighted by molar-refractivity contribution is 6.04. The maximum absolute atomic E-state index is 12.7. The molecule has 1 rings (SSSR count). The van der Waals surface area contributed by atoms with Gasteiger partial charge >= 0.3 is 0 Å². The molecule has 2 amide bonds. The minimum absolute atomic E-state index is 0.0157. The van der Waals surface area contributed by atoms with Crippen LogP contribution in [0.4, 0.5) is 0 Å². The van der Waals surface area contributed by atoms with Crippen molar-refractivity contribution in [1.82, 2.24) is 10.2 Å². The fraction of sp³-hybridized carbons (Fsp3) is 0.875. The Labute approximate surface area is 123 Å². The van der Waals surface area contributed by atoms with Crippen LogP contribution in [0.15, 0.2) is 0 Å². The summed E-state index contributed by atoms with van der Waals surface area (Å²) in [6.07, 6.45) is 6.27. The van der Waals surface area contributed by atoms with Crippen LogP contribution >= 0.6 is 0 Å². The molecule has 1 aliphatic heterocycles. The molecule has 0 spiro atoms. The number of nitrogens with zero attached hydrogens (tertiary/aromatic N) is 1. The molecule has 0 aromatic heterocycles. The zero-order valence-corrected chi connectivity index (χ0v) is 13.5. The van der Waals surface area contributed by atoms with Gasteiger partial charge in [-0.1, -0.05) is 20.3 Å². The fourth-order valence-corrected chi connectivity index (χ4v) is 2.75. The number of hydrogen-bond donors (Lipinski definition) is 1. The van der Waals surface area contributed by atoms with Gasteiger partial charge in [-0.05, 0) is 46.0 Å². The molecule has 0 aliphatic carbocycles. The van der Waals surface area contributed by atoms with Crippen molar-refractivity contribution < 1.29 is 9.59 Å². The standard InChI is InChI=1S/C16H30N2O2/c1-5-7-11-17-14(19)16(3,4)15(20)18-12-9-8-10-13(18)6-2/h13H,5-12H2,1-4H3,(H,17,19). The van der Waals surface area contributed by atoms with Crippen LogP contribution < -0.4 is 5.32 Å². The van der Waals surface area contributed by atoms with Gasteiger partial charge in [-0.15, -0.1) is 0 Å². The zero-order chi connectivity index (χ0) is 15.2. The van der Waals surface area contributed by atoms with Crippen molar-refractivity contribution in [3.63, 3.8) is 0 Å². The first-order valence-corrected chi connectivity index (χ1v) is 8.04. The van der Waals surface area contributed by atoms with Gasteiger partial charge < -0.3 is 10.2 Å². The molecule has 1 unspecified atom stereocenters. The van der Waals surface area contributed by atoms with Crippen LogP contribution in [0.1, 0.15) is 66.2 Å². The van der Waals surface area contributed by atoms with E-state index in [1.165, 1.54) is 6.42 Å². The number of piperidine rings is 1. The molecule has 4 heteroatoms. The highest BCUT2D eigenvalue weighted by Gasteiger charge is 2.41. The van der Waals surface area contributed by atoms with E-state index in [2.05, 4.69) is 19.2 Å². The zero-order valence-electron chi connectivity index (χ0n) is 13.5. The lowest BCUT2D eigenvalue weighted by atomic mass is 9.87. The smallest absolute Gasteiger partial charge is 0.237 e. The molecule has 0 aromatic rings. The number of carbonyl (C=O) groups excluding carboxylic acids is 2. The summed E-state index contributed by atoms with van der Waals surface area (Å²) in [5.74, 6) is -0.158. The summed E-state index contributed by atoms with van der Waals surface area (Å²) in [7, 11) is 0. The van der Waals surface area contributed by atoms with E-state index in [9.17, 15) is 9.59 Å². The summed E-state index contributed by atoms with van der Waals surface area (Å²) in [5.41, 5.74) is -0.960. The van der Waals surface area contributed by atoms with Gasteiger partial charge in [-0.2, -0.15) is 0 Å². The third-order valence-electron chi connectivity index (χ3n) is 4.28. The van der Waals surface area contributed by atoms with E-state index >= 15 is 0 Å². The maximum Gasteiger partial charge on any atom is 0.237 e. The van der Waals surface area contributed by atoms with Crippen LogP contribution in [0.25, 0.3) is 0 Å². The quantitative estimate of drug-likeness (QED) is 0.601. The van der Waals surface area contributed by atoms with Crippen molar-refractivity contribution in [3.8, 4) is 0 Å². The van der Waals surface area contributed by atoms with Gasteiger partial charge in [0.05, 0.1) is 0 Å². The predicted molar refractivity (Wildman–Crippen MR) is 81.3 cm³/mol. The summed E-state index contributed by atoms with van der Waals surface area (Å²) >= 11 is 0. The summed E-state index contributed by atoms with van der Waals surface area (Å²) in [4.78, 5) is 26.9.